The van der Waals surface area contributed by atoms with E-state index < -0.39 is 0 Å². The van der Waals surface area contributed by atoms with Gasteiger partial charge in [0.25, 0.3) is 0 Å². The highest BCUT2D eigenvalue weighted by Gasteiger charge is 2.25. The minimum Gasteiger partial charge on any atom is -0.464 e. The van der Waals surface area contributed by atoms with Crippen molar-refractivity contribution < 1.29 is 14.3 Å². The zero-order valence-corrected chi connectivity index (χ0v) is 23.3. The van der Waals surface area contributed by atoms with Gasteiger partial charge in [0.1, 0.15) is 6.61 Å². The lowest BCUT2D eigenvalue weighted by molar-refractivity contribution is -0.146. The van der Waals surface area contributed by atoms with Gasteiger partial charge in [0.2, 0.25) is 0 Å². The minimum atomic E-state index is -0.288. The summed E-state index contributed by atoms with van der Waals surface area (Å²) in [5, 5.41) is 1.39. The number of esters is 1. The average molecular weight is 541 g/mol. The Labute approximate surface area is 230 Å². The number of halogens is 2. The van der Waals surface area contributed by atoms with Gasteiger partial charge in [0, 0.05) is 35.2 Å². The minimum absolute atomic E-state index is 0.125. The number of ether oxygens (including phenoxy) is 2. The van der Waals surface area contributed by atoms with Crippen LogP contribution in [-0.4, -0.2) is 43.7 Å². The van der Waals surface area contributed by atoms with Crippen LogP contribution in [0.1, 0.15) is 49.5 Å². The van der Waals surface area contributed by atoms with E-state index in [1.807, 2.05) is 55.5 Å². The van der Waals surface area contributed by atoms with E-state index in [4.69, 9.17) is 32.7 Å². The fraction of sp³-hybridized carbons (Fsp3) is 0.387. The first-order valence-electron chi connectivity index (χ1n) is 12.9. The Bertz CT molecular complexity index is 1180. The van der Waals surface area contributed by atoms with E-state index in [-0.39, 0.29) is 18.0 Å². The predicted molar refractivity (Wildman–Crippen MR) is 151 cm³/mol. The summed E-state index contributed by atoms with van der Waals surface area (Å²) in [4.78, 5) is 14.9. The lowest BCUT2D eigenvalue weighted by Gasteiger charge is -2.33. The quantitative estimate of drug-likeness (QED) is 0.262. The third kappa shape index (κ3) is 7.58. The molecule has 3 aromatic rings. The van der Waals surface area contributed by atoms with E-state index in [1.54, 1.807) is 0 Å². The van der Waals surface area contributed by atoms with Crippen molar-refractivity contribution >= 4 is 29.2 Å². The standard InChI is InChI=1S/C31H35Cl2NO3/c1-21(2)18-23-4-6-24(7-5-23)22(3)31(35)37-17-15-34-14-16-36-30(20-34)28-13-10-26(19-29(28)33)25-8-11-27(32)12-9-25/h4-13,19,21-22,30H,14-18,20H2,1-3H3. The second-order valence-corrected chi connectivity index (χ2v) is 11.0. The average Bonchev–Trinajstić information content (AvgIpc) is 2.89. The number of rotatable bonds is 9. The summed E-state index contributed by atoms with van der Waals surface area (Å²) in [6.45, 7) is 9.42. The van der Waals surface area contributed by atoms with Gasteiger partial charge in [0.15, 0.2) is 0 Å². The molecule has 4 nitrogen and oxygen atoms in total. The number of carbonyl (C=O) groups is 1. The van der Waals surface area contributed by atoms with Gasteiger partial charge >= 0.3 is 5.97 Å². The number of hydrogen-bond donors (Lipinski definition) is 0. The van der Waals surface area contributed by atoms with Crippen molar-refractivity contribution in [3.05, 3.63) is 93.5 Å². The SMILES string of the molecule is CC(C)Cc1ccc(C(C)C(=O)OCCN2CCOC(c3ccc(-c4ccc(Cl)cc4)cc3Cl)C2)cc1. The number of nitrogens with zero attached hydrogens (tertiary/aromatic N) is 1. The summed E-state index contributed by atoms with van der Waals surface area (Å²) in [7, 11) is 0. The topological polar surface area (TPSA) is 38.8 Å². The number of benzene rings is 3. The van der Waals surface area contributed by atoms with Crippen LogP contribution >= 0.6 is 23.2 Å². The highest BCUT2D eigenvalue weighted by Crippen LogP contribution is 2.33. The maximum atomic E-state index is 12.7. The molecule has 37 heavy (non-hydrogen) atoms. The monoisotopic (exact) mass is 539 g/mol. The van der Waals surface area contributed by atoms with E-state index in [2.05, 4.69) is 36.9 Å². The van der Waals surface area contributed by atoms with Gasteiger partial charge in [-0.15, -0.1) is 0 Å². The van der Waals surface area contributed by atoms with Crippen LogP contribution < -0.4 is 0 Å². The molecule has 0 amide bonds. The molecule has 0 aromatic heterocycles. The lowest BCUT2D eigenvalue weighted by atomic mass is 9.97. The highest BCUT2D eigenvalue weighted by molar-refractivity contribution is 6.32. The maximum Gasteiger partial charge on any atom is 0.313 e. The molecular weight excluding hydrogens is 505 g/mol. The van der Waals surface area contributed by atoms with Gasteiger partial charge < -0.3 is 9.47 Å². The van der Waals surface area contributed by atoms with Crippen molar-refractivity contribution in [3.63, 3.8) is 0 Å². The molecule has 0 bridgehead atoms. The zero-order chi connectivity index (χ0) is 26.4. The summed E-state index contributed by atoms with van der Waals surface area (Å²) in [6.07, 6.45) is 0.914. The third-order valence-corrected chi connectivity index (χ3v) is 7.38. The van der Waals surface area contributed by atoms with Crippen LogP contribution in [0, 0.1) is 5.92 Å². The van der Waals surface area contributed by atoms with Crippen molar-refractivity contribution in [2.45, 2.75) is 39.2 Å². The van der Waals surface area contributed by atoms with Gasteiger partial charge in [-0.25, -0.2) is 0 Å². The Balaban J connectivity index is 1.28. The molecule has 6 heteroatoms. The first-order chi connectivity index (χ1) is 17.8. The molecule has 2 unspecified atom stereocenters. The molecule has 1 fully saturated rings. The van der Waals surface area contributed by atoms with E-state index >= 15 is 0 Å². The highest BCUT2D eigenvalue weighted by atomic mass is 35.5. The van der Waals surface area contributed by atoms with Crippen LogP contribution in [0.4, 0.5) is 0 Å². The van der Waals surface area contributed by atoms with Crippen molar-refractivity contribution in [1.82, 2.24) is 4.90 Å². The molecule has 0 spiro atoms. The molecule has 1 aliphatic heterocycles. The normalized spacial score (nSPS) is 17.1. The van der Waals surface area contributed by atoms with Crippen molar-refractivity contribution in [2.24, 2.45) is 5.92 Å². The maximum absolute atomic E-state index is 12.7. The molecule has 0 saturated carbocycles. The summed E-state index contributed by atoms with van der Waals surface area (Å²) in [5.41, 5.74) is 5.34. The third-order valence-electron chi connectivity index (χ3n) is 6.80. The number of carbonyl (C=O) groups excluding carboxylic acids is 1. The predicted octanol–water partition coefficient (Wildman–Crippen LogP) is 7.58. The van der Waals surface area contributed by atoms with Crippen LogP contribution in [0.5, 0.6) is 0 Å². The van der Waals surface area contributed by atoms with Gasteiger partial charge in [-0.2, -0.15) is 0 Å². The Morgan fingerprint density at radius 2 is 1.70 bits per heavy atom. The molecule has 1 saturated heterocycles. The van der Waals surface area contributed by atoms with Crippen LogP contribution in [0.2, 0.25) is 10.0 Å². The molecule has 1 aliphatic rings. The number of hydrogen-bond acceptors (Lipinski definition) is 4. The largest absolute Gasteiger partial charge is 0.464 e. The molecule has 0 aliphatic carbocycles. The molecule has 2 atom stereocenters. The van der Waals surface area contributed by atoms with Gasteiger partial charge in [0.05, 0.1) is 18.6 Å². The van der Waals surface area contributed by atoms with Crippen molar-refractivity contribution in [1.29, 1.82) is 0 Å². The Kier molecular flexibility index (Phi) is 9.66. The molecular formula is C31H35Cl2NO3. The lowest BCUT2D eigenvalue weighted by Crippen LogP contribution is -2.40. The summed E-state index contributed by atoms with van der Waals surface area (Å²) in [5.74, 6) is 0.128. The van der Waals surface area contributed by atoms with E-state index in [0.717, 1.165) is 35.2 Å². The van der Waals surface area contributed by atoms with Gasteiger partial charge in [-0.3, -0.25) is 9.69 Å². The summed E-state index contributed by atoms with van der Waals surface area (Å²) in [6, 6.07) is 22.1. The molecule has 196 valence electrons. The fourth-order valence-electron chi connectivity index (χ4n) is 4.65. The second kappa shape index (κ2) is 12.9. The van der Waals surface area contributed by atoms with E-state index in [9.17, 15) is 4.79 Å². The van der Waals surface area contributed by atoms with Crippen LogP contribution in [-0.2, 0) is 20.7 Å². The molecule has 0 N–H and O–H groups in total. The fourth-order valence-corrected chi connectivity index (χ4v) is 5.08. The van der Waals surface area contributed by atoms with E-state index in [0.29, 0.717) is 42.3 Å². The summed E-state index contributed by atoms with van der Waals surface area (Å²) < 4.78 is 11.7. The van der Waals surface area contributed by atoms with Crippen LogP contribution in [0.25, 0.3) is 11.1 Å². The molecule has 3 aromatic carbocycles. The molecule has 1 heterocycles. The van der Waals surface area contributed by atoms with Crippen molar-refractivity contribution in [2.75, 3.05) is 32.8 Å². The second-order valence-electron chi connectivity index (χ2n) is 10.1. The molecule has 4 rings (SSSR count). The van der Waals surface area contributed by atoms with Gasteiger partial charge in [-0.1, -0.05) is 85.6 Å². The number of morpholine rings is 1. The Hall–Kier alpha value is -2.37. The zero-order valence-electron chi connectivity index (χ0n) is 21.8. The Morgan fingerprint density at radius 1 is 1.00 bits per heavy atom. The molecule has 0 radical (unpaired) electrons. The van der Waals surface area contributed by atoms with Crippen LogP contribution in [0.3, 0.4) is 0 Å². The first kappa shape index (κ1) is 27.7. The smallest absolute Gasteiger partial charge is 0.313 e. The van der Waals surface area contributed by atoms with Gasteiger partial charge in [-0.05, 0) is 59.7 Å². The van der Waals surface area contributed by atoms with Crippen molar-refractivity contribution in [3.8, 4) is 11.1 Å². The Morgan fingerprint density at radius 3 is 2.38 bits per heavy atom. The van der Waals surface area contributed by atoms with E-state index in [1.165, 1.54) is 5.56 Å². The van der Waals surface area contributed by atoms with Crippen LogP contribution in [0.15, 0.2) is 66.7 Å². The first-order valence-corrected chi connectivity index (χ1v) is 13.7. The summed E-state index contributed by atoms with van der Waals surface area (Å²) >= 11 is 12.7.